The zero-order chi connectivity index (χ0) is 13.3. The van der Waals surface area contributed by atoms with Gasteiger partial charge in [0.05, 0.1) is 0 Å². The highest BCUT2D eigenvalue weighted by atomic mass is 79.9. The predicted octanol–water partition coefficient (Wildman–Crippen LogP) is 4.33. The van der Waals surface area contributed by atoms with Crippen LogP contribution in [0.25, 0.3) is 0 Å². The molecule has 0 saturated carbocycles. The van der Waals surface area contributed by atoms with Crippen molar-refractivity contribution in [3.05, 3.63) is 44.7 Å². The van der Waals surface area contributed by atoms with Crippen molar-refractivity contribution in [2.45, 2.75) is 6.92 Å². The summed E-state index contributed by atoms with van der Waals surface area (Å²) in [5, 5.41) is 2.60. The van der Waals surface area contributed by atoms with E-state index in [1.807, 2.05) is 0 Å². The van der Waals surface area contributed by atoms with Gasteiger partial charge in [-0.05, 0) is 35.0 Å². The molecule has 18 heavy (non-hydrogen) atoms. The van der Waals surface area contributed by atoms with Crippen molar-refractivity contribution >= 4 is 43.4 Å². The Balaban J connectivity index is 2.40. The molecule has 1 N–H and O–H groups in total. The molecule has 0 atom stereocenters. The third-order valence-corrected chi connectivity index (χ3v) is 2.93. The van der Waals surface area contributed by atoms with E-state index < -0.39 is 11.6 Å². The van der Waals surface area contributed by atoms with Gasteiger partial charge in [0.1, 0.15) is 21.9 Å². The van der Waals surface area contributed by atoms with Crippen molar-refractivity contribution in [2.24, 2.45) is 0 Å². The Morgan fingerprint density at radius 3 is 2.22 bits per heavy atom. The van der Waals surface area contributed by atoms with Crippen LogP contribution in [0, 0.1) is 18.6 Å². The molecule has 2 aromatic rings. The highest BCUT2D eigenvalue weighted by molar-refractivity contribution is 9.10. The SMILES string of the molecule is Cc1nc(Br)cc(Nc2c(F)cc(Br)cc2F)n1. The van der Waals surface area contributed by atoms with Gasteiger partial charge in [-0.15, -0.1) is 0 Å². The Hall–Kier alpha value is -1.08. The molecule has 3 nitrogen and oxygen atoms in total. The Morgan fingerprint density at radius 1 is 1.06 bits per heavy atom. The molecule has 0 aliphatic heterocycles. The van der Waals surface area contributed by atoms with Crippen molar-refractivity contribution < 1.29 is 8.78 Å². The van der Waals surface area contributed by atoms with Crippen molar-refractivity contribution in [1.82, 2.24) is 9.97 Å². The maximum absolute atomic E-state index is 13.6. The van der Waals surface area contributed by atoms with Crippen molar-refractivity contribution in [1.29, 1.82) is 0 Å². The summed E-state index contributed by atoms with van der Waals surface area (Å²) in [5.41, 5.74) is -0.247. The fourth-order valence-corrected chi connectivity index (χ4v) is 2.26. The molecule has 1 aromatic carbocycles. The van der Waals surface area contributed by atoms with E-state index in [2.05, 4.69) is 47.1 Å². The average molecular weight is 379 g/mol. The smallest absolute Gasteiger partial charge is 0.150 e. The van der Waals surface area contributed by atoms with Gasteiger partial charge < -0.3 is 5.32 Å². The number of rotatable bonds is 2. The topological polar surface area (TPSA) is 37.8 Å². The molecule has 7 heteroatoms. The van der Waals surface area contributed by atoms with Gasteiger partial charge >= 0.3 is 0 Å². The van der Waals surface area contributed by atoms with E-state index in [9.17, 15) is 8.78 Å². The quantitative estimate of drug-likeness (QED) is 0.790. The molecule has 94 valence electrons. The normalized spacial score (nSPS) is 10.5. The minimum Gasteiger partial charge on any atom is -0.335 e. The van der Waals surface area contributed by atoms with Crippen LogP contribution in [0.4, 0.5) is 20.3 Å². The van der Waals surface area contributed by atoms with Crippen LogP contribution in [0.3, 0.4) is 0 Å². The highest BCUT2D eigenvalue weighted by Gasteiger charge is 2.11. The van der Waals surface area contributed by atoms with Crippen LogP contribution in [0.2, 0.25) is 0 Å². The fraction of sp³-hybridized carbons (Fsp3) is 0.0909. The molecule has 0 unspecified atom stereocenters. The van der Waals surface area contributed by atoms with Gasteiger partial charge in [0.15, 0.2) is 11.6 Å². The van der Waals surface area contributed by atoms with Gasteiger partial charge in [-0.25, -0.2) is 18.7 Å². The van der Waals surface area contributed by atoms with Gasteiger partial charge in [0.2, 0.25) is 0 Å². The number of halogens is 4. The van der Waals surface area contributed by atoms with E-state index in [0.29, 0.717) is 20.7 Å². The lowest BCUT2D eigenvalue weighted by Gasteiger charge is -2.09. The first kappa shape index (κ1) is 13.4. The lowest BCUT2D eigenvalue weighted by molar-refractivity contribution is 0.589. The standard InChI is InChI=1S/C11H7Br2F2N3/c1-5-16-9(13)4-10(17-5)18-11-7(14)2-6(12)3-8(11)15/h2-4H,1H3,(H,16,17,18). The monoisotopic (exact) mass is 377 g/mol. The minimum absolute atomic E-state index is 0.247. The number of nitrogens with one attached hydrogen (secondary N) is 1. The molecular weight excluding hydrogens is 372 g/mol. The highest BCUT2D eigenvalue weighted by Crippen LogP contribution is 2.26. The Bertz CT molecular complexity index is 562. The lowest BCUT2D eigenvalue weighted by atomic mass is 10.3. The third-order valence-electron chi connectivity index (χ3n) is 2.07. The second-order valence-electron chi connectivity index (χ2n) is 3.49. The number of anilines is 2. The summed E-state index contributed by atoms with van der Waals surface area (Å²) in [4.78, 5) is 8.04. The van der Waals surface area contributed by atoms with Gasteiger partial charge in [-0.3, -0.25) is 0 Å². The van der Waals surface area contributed by atoms with E-state index in [1.54, 1.807) is 6.92 Å². The molecule has 0 aliphatic rings. The molecular formula is C11H7Br2F2N3. The third kappa shape index (κ3) is 3.02. The van der Waals surface area contributed by atoms with Crippen LogP contribution in [0.15, 0.2) is 27.3 Å². The number of nitrogens with zero attached hydrogens (tertiary/aromatic N) is 2. The molecule has 0 fully saturated rings. The zero-order valence-corrected chi connectivity index (χ0v) is 12.3. The van der Waals surface area contributed by atoms with Crippen LogP contribution >= 0.6 is 31.9 Å². The van der Waals surface area contributed by atoms with Crippen molar-refractivity contribution in [3.8, 4) is 0 Å². The van der Waals surface area contributed by atoms with E-state index in [1.165, 1.54) is 18.2 Å². The predicted molar refractivity (Wildman–Crippen MR) is 71.8 cm³/mol. The first-order chi connectivity index (χ1) is 8.45. The maximum Gasteiger partial charge on any atom is 0.150 e. The number of aryl methyl sites for hydroxylation is 1. The largest absolute Gasteiger partial charge is 0.335 e. The average Bonchev–Trinajstić information content (AvgIpc) is 2.22. The zero-order valence-electron chi connectivity index (χ0n) is 9.14. The molecule has 0 aliphatic carbocycles. The number of hydrogen-bond acceptors (Lipinski definition) is 3. The van der Waals surface area contributed by atoms with Gasteiger partial charge in [-0.2, -0.15) is 0 Å². The second-order valence-corrected chi connectivity index (χ2v) is 5.22. The van der Waals surface area contributed by atoms with Crippen molar-refractivity contribution in [2.75, 3.05) is 5.32 Å². The molecule has 0 spiro atoms. The molecule has 2 rings (SSSR count). The summed E-state index contributed by atoms with van der Waals surface area (Å²) in [6.07, 6.45) is 0. The summed E-state index contributed by atoms with van der Waals surface area (Å²) in [6, 6.07) is 3.89. The van der Waals surface area contributed by atoms with Gasteiger partial charge in [-0.1, -0.05) is 15.9 Å². The van der Waals surface area contributed by atoms with E-state index in [4.69, 9.17) is 0 Å². The van der Waals surface area contributed by atoms with Crippen LogP contribution < -0.4 is 5.32 Å². The Labute approximate surface area is 119 Å². The summed E-state index contributed by atoms with van der Waals surface area (Å²) >= 11 is 6.20. The van der Waals surface area contributed by atoms with Gasteiger partial charge in [0, 0.05) is 10.5 Å². The molecule has 0 radical (unpaired) electrons. The van der Waals surface area contributed by atoms with E-state index in [-0.39, 0.29) is 5.69 Å². The Kier molecular flexibility index (Phi) is 3.91. The van der Waals surface area contributed by atoms with Crippen LogP contribution in [-0.2, 0) is 0 Å². The van der Waals surface area contributed by atoms with E-state index >= 15 is 0 Å². The number of hydrogen-bond donors (Lipinski definition) is 1. The van der Waals surface area contributed by atoms with Crippen LogP contribution in [-0.4, -0.2) is 9.97 Å². The summed E-state index contributed by atoms with van der Waals surface area (Å²) < 4.78 is 28.1. The number of benzene rings is 1. The van der Waals surface area contributed by atoms with E-state index in [0.717, 1.165) is 0 Å². The molecule has 0 amide bonds. The molecule has 0 bridgehead atoms. The fourth-order valence-electron chi connectivity index (χ4n) is 1.38. The first-order valence-electron chi connectivity index (χ1n) is 4.88. The number of aromatic nitrogens is 2. The molecule has 1 heterocycles. The second kappa shape index (κ2) is 5.27. The van der Waals surface area contributed by atoms with Gasteiger partial charge in [0.25, 0.3) is 0 Å². The van der Waals surface area contributed by atoms with Crippen LogP contribution in [0.5, 0.6) is 0 Å². The molecule has 1 aromatic heterocycles. The van der Waals surface area contributed by atoms with Crippen LogP contribution in [0.1, 0.15) is 5.82 Å². The first-order valence-corrected chi connectivity index (χ1v) is 6.47. The lowest BCUT2D eigenvalue weighted by Crippen LogP contribution is -2.01. The molecule has 0 saturated heterocycles. The Morgan fingerprint density at radius 2 is 1.67 bits per heavy atom. The summed E-state index contributed by atoms with van der Waals surface area (Å²) in [5.74, 6) is -0.595. The van der Waals surface area contributed by atoms with Crippen molar-refractivity contribution in [3.63, 3.8) is 0 Å². The minimum atomic E-state index is -0.700. The summed E-state index contributed by atoms with van der Waals surface area (Å²) in [6.45, 7) is 1.68. The summed E-state index contributed by atoms with van der Waals surface area (Å²) in [7, 11) is 0. The maximum atomic E-state index is 13.6.